The van der Waals surface area contributed by atoms with Gasteiger partial charge in [-0.25, -0.2) is 0 Å². The summed E-state index contributed by atoms with van der Waals surface area (Å²) in [4.78, 5) is 13.5. The number of carbonyl (C=O) groups excluding carboxylic acids is 1. The summed E-state index contributed by atoms with van der Waals surface area (Å²) in [5.41, 5.74) is 1.77. The molecule has 1 saturated carbocycles. The Hall–Kier alpha value is -1.02. The Balaban J connectivity index is 1.87. The number of carbonyl (C=O) groups is 1. The lowest BCUT2D eigenvalue weighted by Crippen LogP contribution is -2.21. The van der Waals surface area contributed by atoms with Gasteiger partial charge in [-0.05, 0) is 42.9 Å². The molecule has 3 heteroatoms. The zero-order valence-corrected chi connectivity index (χ0v) is 10.5. The van der Waals surface area contributed by atoms with Crippen molar-refractivity contribution in [3.05, 3.63) is 28.8 Å². The van der Waals surface area contributed by atoms with Crippen molar-refractivity contribution in [1.29, 1.82) is 0 Å². The molecular weight excluding hydrogens is 234 g/mol. The minimum Gasteiger partial charge on any atom is -0.370 e. The lowest BCUT2D eigenvalue weighted by molar-refractivity contribution is 0.112. The van der Waals surface area contributed by atoms with E-state index in [1.54, 1.807) is 6.07 Å². The number of aldehydes is 1. The Morgan fingerprint density at radius 1 is 1.24 bits per heavy atom. The third-order valence-electron chi connectivity index (χ3n) is 4.18. The van der Waals surface area contributed by atoms with E-state index in [1.165, 1.54) is 19.3 Å². The Morgan fingerprint density at radius 2 is 1.94 bits per heavy atom. The molecule has 1 heterocycles. The number of halogens is 1. The van der Waals surface area contributed by atoms with Gasteiger partial charge in [-0.2, -0.15) is 0 Å². The van der Waals surface area contributed by atoms with E-state index in [2.05, 4.69) is 4.90 Å². The molecule has 0 radical (unpaired) electrons. The van der Waals surface area contributed by atoms with E-state index in [0.29, 0.717) is 5.02 Å². The first-order valence-corrected chi connectivity index (χ1v) is 6.65. The van der Waals surface area contributed by atoms with Gasteiger partial charge in [-0.15, -0.1) is 0 Å². The third-order valence-corrected chi connectivity index (χ3v) is 4.42. The van der Waals surface area contributed by atoms with E-state index < -0.39 is 0 Å². The molecular formula is C14H16ClNO. The molecule has 2 atom stereocenters. The first kappa shape index (κ1) is 11.1. The van der Waals surface area contributed by atoms with Crippen LogP contribution in [0.15, 0.2) is 18.2 Å². The molecule has 1 aromatic rings. The Bertz CT molecular complexity index is 434. The van der Waals surface area contributed by atoms with Crippen LogP contribution in [0.3, 0.4) is 0 Å². The maximum absolute atomic E-state index is 11.1. The van der Waals surface area contributed by atoms with Gasteiger partial charge in [0.15, 0.2) is 6.29 Å². The van der Waals surface area contributed by atoms with E-state index in [0.717, 1.165) is 42.5 Å². The maximum Gasteiger partial charge on any atom is 0.152 e. The number of hydrogen-bond donors (Lipinski definition) is 0. The van der Waals surface area contributed by atoms with Crippen molar-refractivity contribution < 1.29 is 4.79 Å². The number of fused-ring (bicyclic) bond motifs is 1. The SMILES string of the molecule is O=Cc1cc(Cl)ccc1N1CC2CCCC2C1. The van der Waals surface area contributed by atoms with Crippen molar-refractivity contribution in [3.63, 3.8) is 0 Å². The number of hydrogen-bond acceptors (Lipinski definition) is 2. The second-order valence-electron chi connectivity index (χ2n) is 5.18. The predicted octanol–water partition coefficient (Wildman–Crippen LogP) is 3.39. The van der Waals surface area contributed by atoms with E-state index in [9.17, 15) is 4.79 Å². The fraction of sp³-hybridized carbons (Fsp3) is 0.500. The average molecular weight is 250 g/mol. The highest BCUT2D eigenvalue weighted by molar-refractivity contribution is 6.31. The summed E-state index contributed by atoms with van der Waals surface area (Å²) in [6.45, 7) is 2.21. The molecule has 0 N–H and O–H groups in total. The van der Waals surface area contributed by atoms with Gasteiger partial charge < -0.3 is 4.90 Å². The number of rotatable bonds is 2. The quantitative estimate of drug-likeness (QED) is 0.749. The second kappa shape index (κ2) is 4.34. The van der Waals surface area contributed by atoms with Crippen LogP contribution in [-0.2, 0) is 0 Å². The topological polar surface area (TPSA) is 20.3 Å². The van der Waals surface area contributed by atoms with E-state index in [1.807, 2.05) is 12.1 Å². The number of nitrogens with zero attached hydrogens (tertiary/aromatic N) is 1. The van der Waals surface area contributed by atoms with Gasteiger partial charge in [0.25, 0.3) is 0 Å². The first-order valence-electron chi connectivity index (χ1n) is 6.27. The molecule has 2 fully saturated rings. The van der Waals surface area contributed by atoms with Gasteiger partial charge in [0.2, 0.25) is 0 Å². The van der Waals surface area contributed by atoms with Crippen LogP contribution in [0, 0.1) is 11.8 Å². The van der Waals surface area contributed by atoms with Gasteiger partial charge in [0.1, 0.15) is 0 Å². The van der Waals surface area contributed by atoms with Crippen LogP contribution < -0.4 is 4.90 Å². The summed E-state index contributed by atoms with van der Waals surface area (Å²) in [5.74, 6) is 1.68. The molecule has 1 aromatic carbocycles. The molecule has 2 aliphatic rings. The van der Waals surface area contributed by atoms with E-state index in [4.69, 9.17) is 11.6 Å². The number of anilines is 1. The van der Waals surface area contributed by atoms with Crippen molar-refractivity contribution in [2.45, 2.75) is 19.3 Å². The van der Waals surface area contributed by atoms with Crippen LogP contribution in [0.2, 0.25) is 5.02 Å². The third kappa shape index (κ3) is 1.95. The van der Waals surface area contributed by atoms with Crippen LogP contribution in [0.1, 0.15) is 29.6 Å². The summed E-state index contributed by atoms with van der Waals surface area (Å²) in [7, 11) is 0. The molecule has 3 rings (SSSR count). The zero-order chi connectivity index (χ0) is 11.8. The molecule has 0 bridgehead atoms. The van der Waals surface area contributed by atoms with Gasteiger partial charge in [0.05, 0.1) is 0 Å². The van der Waals surface area contributed by atoms with Gasteiger partial charge in [0, 0.05) is 29.4 Å². The lowest BCUT2D eigenvalue weighted by Gasteiger charge is -2.21. The van der Waals surface area contributed by atoms with Crippen molar-refractivity contribution in [3.8, 4) is 0 Å². The predicted molar refractivity (Wildman–Crippen MR) is 69.9 cm³/mol. The van der Waals surface area contributed by atoms with Crippen molar-refractivity contribution in [2.24, 2.45) is 11.8 Å². The van der Waals surface area contributed by atoms with E-state index >= 15 is 0 Å². The second-order valence-corrected chi connectivity index (χ2v) is 5.61. The van der Waals surface area contributed by atoms with Crippen LogP contribution in [0.4, 0.5) is 5.69 Å². The first-order chi connectivity index (χ1) is 8.28. The zero-order valence-electron chi connectivity index (χ0n) is 9.73. The van der Waals surface area contributed by atoms with Crippen LogP contribution >= 0.6 is 11.6 Å². The molecule has 0 spiro atoms. The largest absolute Gasteiger partial charge is 0.370 e. The summed E-state index contributed by atoms with van der Waals surface area (Å²) >= 11 is 5.92. The fourth-order valence-corrected chi connectivity index (χ4v) is 3.52. The van der Waals surface area contributed by atoms with Gasteiger partial charge in [-0.3, -0.25) is 4.79 Å². The molecule has 17 heavy (non-hydrogen) atoms. The van der Waals surface area contributed by atoms with Crippen LogP contribution in [0.5, 0.6) is 0 Å². The molecule has 1 aliphatic carbocycles. The Morgan fingerprint density at radius 3 is 2.59 bits per heavy atom. The molecule has 0 amide bonds. The highest BCUT2D eigenvalue weighted by Crippen LogP contribution is 2.40. The molecule has 0 aromatic heterocycles. The highest BCUT2D eigenvalue weighted by atomic mass is 35.5. The average Bonchev–Trinajstić information content (AvgIpc) is 2.89. The molecule has 2 unspecified atom stereocenters. The summed E-state index contributed by atoms with van der Waals surface area (Å²) < 4.78 is 0. The maximum atomic E-state index is 11.1. The molecule has 1 aliphatic heterocycles. The standard InChI is InChI=1S/C14H16ClNO/c15-13-4-5-14(12(6-13)9-17)16-7-10-2-1-3-11(10)8-16/h4-6,9-11H,1-3,7-8H2. The fourth-order valence-electron chi connectivity index (χ4n) is 3.34. The van der Waals surface area contributed by atoms with Crippen LogP contribution in [0.25, 0.3) is 0 Å². The molecule has 1 saturated heterocycles. The highest BCUT2D eigenvalue weighted by Gasteiger charge is 2.36. The van der Waals surface area contributed by atoms with Crippen LogP contribution in [-0.4, -0.2) is 19.4 Å². The molecule has 90 valence electrons. The van der Waals surface area contributed by atoms with E-state index in [-0.39, 0.29) is 0 Å². The smallest absolute Gasteiger partial charge is 0.152 e. The normalized spacial score (nSPS) is 27.2. The van der Waals surface area contributed by atoms with Crippen molar-refractivity contribution >= 4 is 23.6 Å². The Kier molecular flexibility index (Phi) is 2.83. The van der Waals surface area contributed by atoms with Gasteiger partial charge >= 0.3 is 0 Å². The monoisotopic (exact) mass is 249 g/mol. The summed E-state index contributed by atoms with van der Waals surface area (Å²) in [6.07, 6.45) is 5.00. The lowest BCUT2D eigenvalue weighted by atomic mass is 10.0. The minimum atomic E-state index is 0.634. The number of benzene rings is 1. The minimum absolute atomic E-state index is 0.634. The summed E-state index contributed by atoms with van der Waals surface area (Å²) in [5, 5.41) is 0.634. The van der Waals surface area contributed by atoms with Crippen molar-refractivity contribution in [2.75, 3.05) is 18.0 Å². The van der Waals surface area contributed by atoms with Crippen molar-refractivity contribution in [1.82, 2.24) is 0 Å². The van der Waals surface area contributed by atoms with Gasteiger partial charge in [-0.1, -0.05) is 18.0 Å². The summed E-state index contributed by atoms with van der Waals surface area (Å²) in [6, 6.07) is 5.61. The molecule has 2 nitrogen and oxygen atoms in total. The Labute approximate surface area is 107 Å².